The van der Waals surface area contributed by atoms with Crippen LogP contribution in [0.15, 0.2) is 0 Å². The number of rotatable bonds is 4. The van der Waals surface area contributed by atoms with Crippen molar-refractivity contribution in [3.05, 3.63) is 0 Å². The van der Waals surface area contributed by atoms with Crippen LogP contribution < -0.4 is 11.1 Å². The van der Waals surface area contributed by atoms with Crippen LogP contribution in [-0.2, 0) is 9.59 Å². The van der Waals surface area contributed by atoms with E-state index < -0.39 is 5.91 Å². The van der Waals surface area contributed by atoms with Crippen molar-refractivity contribution in [2.75, 3.05) is 13.1 Å². The zero-order chi connectivity index (χ0) is 10.8. The number of amides is 2. The van der Waals surface area contributed by atoms with Gasteiger partial charge in [-0.05, 0) is 25.7 Å². The van der Waals surface area contributed by atoms with E-state index in [1.807, 2.05) is 0 Å². The van der Waals surface area contributed by atoms with E-state index in [0.717, 1.165) is 12.8 Å². The van der Waals surface area contributed by atoms with E-state index in [9.17, 15) is 9.59 Å². The topological polar surface area (TPSA) is 75.4 Å². The van der Waals surface area contributed by atoms with Crippen LogP contribution in [0, 0.1) is 0 Å². The number of carbonyl (C=O) groups is 2. The fourth-order valence-electron chi connectivity index (χ4n) is 1.97. The standard InChI is InChI=1S/C10H17N3O2/c11-9(14)6-13-5-1-2-8(10(13)15)12-7-3-4-7/h7-8,12H,1-6H2,(H2,11,14). The Morgan fingerprint density at radius 3 is 2.80 bits per heavy atom. The first-order chi connectivity index (χ1) is 7.16. The SMILES string of the molecule is NC(=O)CN1CCCC(NC2CC2)C1=O. The lowest BCUT2D eigenvalue weighted by Gasteiger charge is -2.31. The summed E-state index contributed by atoms with van der Waals surface area (Å²) < 4.78 is 0. The van der Waals surface area contributed by atoms with Gasteiger partial charge in [-0.15, -0.1) is 0 Å². The van der Waals surface area contributed by atoms with Gasteiger partial charge in [-0.25, -0.2) is 0 Å². The van der Waals surface area contributed by atoms with Gasteiger partial charge in [-0.2, -0.15) is 0 Å². The number of nitrogens with two attached hydrogens (primary N) is 1. The van der Waals surface area contributed by atoms with E-state index in [1.165, 1.54) is 12.8 Å². The second kappa shape index (κ2) is 4.18. The van der Waals surface area contributed by atoms with Crippen molar-refractivity contribution in [1.82, 2.24) is 10.2 Å². The van der Waals surface area contributed by atoms with Crippen molar-refractivity contribution in [2.24, 2.45) is 5.73 Å². The maximum Gasteiger partial charge on any atom is 0.240 e. The molecule has 0 spiro atoms. The van der Waals surface area contributed by atoms with Gasteiger partial charge in [0.2, 0.25) is 11.8 Å². The first-order valence-corrected chi connectivity index (χ1v) is 5.50. The summed E-state index contributed by atoms with van der Waals surface area (Å²) in [5.74, 6) is -0.401. The van der Waals surface area contributed by atoms with Crippen LogP contribution in [-0.4, -0.2) is 41.9 Å². The Morgan fingerprint density at radius 1 is 1.47 bits per heavy atom. The normalized spacial score (nSPS) is 26.8. The zero-order valence-corrected chi connectivity index (χ0v) is 8.74. The van der Waals surface area contributed by atoms with Gasteiger partial charge >= 0.3 is 0 Å². The quantitative estimate of drug-likeness (QED) is 0.640. The molecule has 1 unspecified atom stereocenters. The number of nitrogens with zero attached hydrogens (tertiary/aromatic N) is 1. The van der Waals surface area contributed by atoms with Crippen LogP contribution in [0.1, 0.15) is 25.7 Å². The van der Waals surface area contributed by atoms with Crippen molar-refractivity contribution >= 4 is 11.8 Å². The first kappa shape index (κ1) is 10.4. The molecule has 84 valence electrons. The Hall–Kier alpha value is -1.10. The lowest BCUT2D eigenvalue weighted by Crippen LogP contribution is -2.53. The molecule has 0 aromatic heterocycles. The second-order valence-corrected chi connectivity index (χ2v) is 4.36. The van der Waals surface area contributed by atoms with Crippen molar-refractivity contribution in [3.8, 4) is 0 Å². The predicted molar refractivity (Wildman–Crippen MR) is 55.0 cm³/mol. The number of nitrogens with one attached hydrogen (secondary N) is 1. The van der Waals surface area contributed by atoms with Gasteiger partial charge in [0.1, 0.15) is 0 Å². The molecule has 3 N–H and O–H groups in total. The summed E-state index contributed by atoms with van der Waals surface area (Å²) in [6.07, 6.45) is 4.16. The number of primary amides is 1. The first-order valence-electron chi connectivity index (χ1n) is 5.50. The number of piperidine rings is 1. The highest BCUT2D eigenvalue weighted by Gasteiger charge is 2.33. The molecule has 1 saturated heterocycles. The van der Waals surface area contributed by atoms with Gasteiger partial charge in [0, 0.05) is 12.6 Å². The van der Waals surface area contributed by atoms with E-state index >= 15 is 0 Å². The molecule has 1 atom stereocenters. The number of likely N-dealkylation sites (tertiary alicyclic amines) is 1. The highest BCUT2D eigenvalue weighted by atomic mass is 16.2. The highest BCUT2D eigenvalue weighted by Crippen LogP contribution is 2.22. The summed E-state index contributed by atoms with van der Waals surface area (Å²) in [4.78, 5) is 24.2. The molecular formula is C10H17N3O2. The van der Waals surface area contributed by atoms with Gasteiger partial charge in [-0.3, -0.25) is 9.59 Å². The second-order valence-electron chi connectivity index (χ2n) is 4.36. The van der Waals surface area contributed by atoms with Crippen molar-refractivity contribution < 1.29 is 9.59 Å². The summed E-state index contributed by atoms with van der Waals surface area (Å²) in [5, 5.41) is 3.30. The summed E-state index contributed by atoms with van der Waals surface area (Å²) in [6, 6.07) is 0.429. The van der Waals surface area contributed by atoms with E-state index in [0.29, 0.717) is 12.6 Å². The molecule has 1 aliphatic carbocycles. The Morgan fingerprint density at radius 2 is 2.20 bits per heavy atom. The molecule has 2 aliphatic rings. The van der Waals surface area contributed by atoms with Gasteiger partial charge in [0.05, 0.1) is 12.6 Å². The van der Waals surface area contributed by atoms with Gasteiger partial charge in [0.15, 0.2) is 0 Å². The third kappa shape index (κ3) is 2.68. The minimum absolute atomic E-state index is 0.0342. The van der Waals surface area contributed by atoms with E-state index in [4.69, 9.17) is 5.73 Å². The van der Waals surface area contributed by atoms with Crippen molar-refractivity contribution in [3.63, 3.8) is 0 Å². The summed E-state index contributed by atoms with van der Waals surface area (Å²) in [6.45, 7) is 0.715. The molecule has 0 aromatic rings. The molecule has 1 heterocycles. The molecule has 5 nitrogen and oxygen atoms in total. The smallest absolute Gasteiger partial charge is 0.240 e. The Labute approximate surface area is 89.0 Å². The fourth-order valence-corrected chi connectivity index (χ4v) is 1.97. The zero-order valence-electron chi connectivity index (χ0n) is 8.74. The summed E-state index contributed by atoms with van der Waals surface area (Å²) in [5.41, 5.74) is 5.09. The van der Waals surface area contributed by atoms with Crippen molar-refractivity contribution in [2.45, 2.75) is 37.8 Å². The molecule has 2 fully saturated rings. The Kier molecular flexibility index (Phi) is 2.90. The molecule has 0 aromatic carbocycles. The average Bonchev–Trinajstić information content (AvgIpc) is 2.95. The predicted octanol–water partition coefficient (Wildman–Crippen LogP) is -0.785. The molecule has 2 amide bonds. The minimum atomic E-state index is -0.435. The maximum atomic E-state index is 11.9. The number of hydrogen-bond acceptors (Lipinski definition) is 3. The number of carbonyl (C=O) groups excluding carboxylic acids is 2. The van der Waals surface area contributed by atoms with Gasteiger partial charge < -0.3 is 16.0 Å². The molecule has 2 rings (SSSR count). The highest BCUT2D eigenvalue weighted by molar-refractivity contribution is 5.87. The lowest BCUT2D eigenvalue weighted by atomic mass is 10.0. The molecule has 15 heavy (non-hydrogen) atoms. The number of hydrogen-bond donors (Lipinski definition) is 2. The molecular weight excluding hydrogens is 194 g/mol. The van der Waals surface area contributed by atoms with Crippen LogP contribution in [0.3, 0.4) is 0 Å². The van der Waals surface area contributed by atoms with E-state index in [1.54, 1.807) is 4.90 Å². The van der Waals surface area contributed by atoms with Crippen LogP contribution in [0.4, 0.5) is 0 Å². The van der Waals surface area contributed by atoms with Crippen LogP contribution >= 0.6 is 0 Å². The van der Waals surface area contributed by atoms with Crippen LogP contribution in [0.2, 0.25) is 0 Å². The van der Waals surface area contributed by atoms with Crippen LogP contribution in [0.25, 0.3) is 0 Å². The molecule has 1 aliphatic heterocycles. The monoisotopic (exact) mass is 211 g/mol. The Balaban J connectivity index is 1.89. The van der Waals surface area contributed by atoms with E-state index in [2.05, 4.69) is 5.32 Å². The molecule has 5 heteroatoms. The third-order valence-corrected chi connectivity index (χ3v) is 2.89. The fraction of sp³-hybridized carbons (Fsp3) is 0.800. The lowest BCUT2D eigenvalue weighted by molar-refractivity contribution is -0.139. The van der Waals surface area contributed by atoms with Gasteiger partial charge in [0.25, 0.3) is 0 Å². The molecule has 1 saturated carbocycles. The van der Waals surface area contributed by atoms with Gasteiger partial charge in [-0.1, -0.05) is 0 Å². The summed E-state index contributed by atoms with van der Waals surface area (Å²) in [7, 11) is 0. The largest absolute Gasteiger partial charge is 0.368 e. The van der Waals surface area contributed by atoms with Crippen molar-refractivity contribution in [1.29, 1.82) is 0 Å². The maximum absolute atomic E-state index is 11.9. The molecule has 0 bridgehead atoms. The average molecular weight is 211 g/mol. The summed E-state index contributed by atoms with van der Waals surface area (Å²) >= 11 is 0. The minimum Gasteiger partial charge on any atom is -0.368 e. The Bertz CT molecular complexity index is 276. The van der Waals surface area contributed by atoms with E-state index in [-0.39, 0.29) is 18.5 Å². The third-order valence-electron chi connectivity index (χ3n) is 2.89. The molecule has 0 radical (unpaired) electrons. The van der Waals surface area contributed by atoms with Crippen LogP contribution in [0.5, 0.6) is 0 Å².